The van der Waals surface area contributed by atoms with E-state index in [9.17, 15) is 0 Å². The fraction of sp³-hybridized carbons (Fsp3) is 0.500. The van der Waals surface area contributed by atoms with E-state index in [-0.39, 0.29) is 0 Å². The van der Waals surface area contributed by atoms with E-state index in [4.69, 9.17) is 4.74 Å². The molecule has 0 spiro atoms. The summed E-state index contributed by atoms with van der Waals surface area (Å²) >= 11 is 0. The number of benzene rings is 2. The van der Waals surface area contributed by atoms with Gasteiger partial charge in [-0.2, -0.15) is 0 Å². The molecule has 0 N–H and O–H groups in total. The molecule has 1 fully saturated rings. The molecule has 1 aliphatic carbocycles. The maximum Gasteiger partial charge on any atom is 0.119 e. The Bertz CT molecular complexity index is 633. The van der Waals surface area contributed by atoms with Crippen LogP contribution in [0.25, 0.3) is 0 Å². The number of likely N-dealkylation sites (N-methyl/N-ethyl adjacent to an activating group) is 1. The van der Waals surface area contributed by atoms with Crippen molar-refractivity contribution in [2.75, 3.05) is 26.2 Å². The normalized spacial score (nSPS) is 20.3. The predicted octanol–water partition coefficient (Wildman–Crippen LogP) is 5.85. The Morgan fingerprint density at radius 3 is 2.08 bits per heavy atom. The zero-order chi connectivity index (χ0) is 18.2. The monoisotopic (exact) mass is 351 g/mol. The van der Waals surface area contributed by atoms with Crippen LogP contribution < -0.4 is 4.74 Å². The Balaban J connectivity index is 1.54. The van der Waals surface area contributed by atoms with Gasteiger partial charge in [0.05, 0.1) is 0 Å². The quantitative estimate of drug-likeness (QED) is 0.591. The summed E-state index contributed by atoms with van der Waals surface area (Å²) in [6, 6.07) is 19.9. The van der Waals surface area contributed by atoms with E-state index in [1.807, 2.05) is 0 Å². The minimum absolute atomic E-state index is 0.679. The Hall–Kier alpha value is -1.80. The second kappa shape index (κ2) is 9.78. The summed E-state index contributed by atoms with van der Waals surface area (Å²) in [6.45, 7) is 8.33. The molecule has 3 rings (SSSR count). The molecule has 26 heavy (non-hydrogen) atoms. The first-order valence-electron chi connectivity index (χ1n) is 10.3. The van der Waals surface area contributed by atoms with E-state index in [0.717, 1.165) is 32.0 Å². The maximum absolute atomic E-state index is 5.93. The zero-order valence-electron chi connectivity index (χ0n) is 16.4. The van der Waals surface area contributed by atoms with Crippen LogP contribution in [0.1, 0.15) is 62.5 Å². The highest BCUT2D eigenvalue weighted by molar-refractivity contribution is 5.31. The van der Waals surface area contributed by atoms with Crippen molar-refractivity contribution in [2.45, 2.75) is 51.4 Å². The van der Waals surface area contributed by atoms with Gasteiger partial charge in [0.1, 0.15) is 12.4 Å². The lowest BCUT2D eigenvalue weighted by Gasteiger charge is -2.30. The average molecular weight is 352 g/mol. The van der Waals surface area contributed by atoms with Crippen LogP contribution in [-0.4, -0.2) is 31.1 Å². The van der Waals surface area contributed by atoms with E-state index >= 15 is 0 Å². The molecule has 0 amide bonds. The highest BCUT2D eigenvalue weighted by atomic mass is 16.5. The third-order valence-corrected chi connectivity index (χ3v) is 5.87. The molecule has 0 radical (unpaired) electrons. The molecule has 0 bridgehead atoms. The summed E-state index contributed by atoms with van der Waals surface area (Å²) in [6.07, 6.45) is 5.23. The molecular weight excluding hydrogens is 318 g/mol. The molecule has 1 saturated carbocycles. The third kappa shape index (κ3) is 5.11. The van der Waals surface area contributed by atoms with Crippen molar-refractivity contribution in [1.29, 1.82) is 0 Å². The Morgan fingerprint density at radius 1 is 0.846 bits per heavy atom. The summed E-state index contributed by atoms with van der Waals surface area (Å²) in [5.74, 6) is 2.38. The maximum atomic E-state index is 5.93. The minimum atomic E-state index is 0.679. The SMILES string of the molecule is CCN(CC)CCOc1ccc(C2CCCC(c3ccccc3)C2)cc1. The van der Waals surface area contributed by atoms with Crippen LogP contribution in [0.5, 0.6) is 5.75 Å². The first kappa shape index (κ1) is 19.0. The highest BCUT2D eigenvalue weighted by Gasteiger charge is 2.24. The van der Waals surface area contributed by atoms with E-state index in [0.29, 0.717) is 11.8 Å². The van der Waals surface area contributed by atoms with Gasteiger partial charge in [-0.3, -0.25) is 0 Å². The number of nitrogens with zero attached hydrogens (tertiary/aromatic N) is 1. The molecule has 0 saturated heterocycles. The average Bonchev–Trinajstić information content (AvgIpc) is 2.72. The van der Waals surface area contributed by atoms with E-state index < -0.39 is 0 Å². The first-order valence-corrected chi connectivity index (χ1v) is 10.3. The molecule has 0 aliphatic heterocycles. The largest absolute Gasteiger partial charge is 0.492 e. The van der Waals surface area contributed by atoms with Crippen molar-refractivity contribution in [3.63, 3.8) is 0 Å². The molecule has 2 heteroatoms. The Labute approximate surface area is 159 Å². The van der Waals surface area contributed by atoms with Crippen LogP contribution in [0.4, 0.5) is 0 Å². The van der Waals surface area contributed by atoms with Crippen molar-refractivity contribution < 1.29 is 4.74 Å². The van der Waals surface area contributed by atoms with Gasteiger partial charge < -0.3 is 9.64 Å². The number of hydrogen-bond acceptors (Lipinski definition) is 2. The standard InChI is InChI=1S/C24H33NO/c1-3-25(4-2)17-18-26-24-15-13-21(14-16-24)23-12-8-11-22(19-23)20-9-6-5-7-10-20/h5-7,9-10,13-16,22-23H,3-4,8,11-12,17-19H2,1-2H3. The zero-order valence-corrected chi connectivity index (χ0v) is 16.4. The molecule has 2 nitrogen and oxygen atoms in total. The number of hydrogen-bond donors (Lipinski definition) is 0. The van der Waals surface area contributed by atoms with Gasteiger partial charge in [0.15, 0.2) is 0 Å². The summed E-state index contributed by atoms with van der Waals surface area (Å²) in [5, 5.41) is 0. The van der Waals surface area contributed by atoms with Crippen molar-refractivity contribution in [1.82, 2.24) is 4.90 Å². The number of rotatable bonds is 8. The van der Waals surface area contributed by atoms with Gasteiger partial charge in [-0.15, -0.1) is 0 Å². The lowest BCUT2D eigenvalue weighted by Crippen LogP contribution is -2.27. The molecule has 140 valence electrons. The molecular formula is C24H33NO. The summed E-state index contributed by atoms with van der Waals surface area (Å²) in [4.78, 5) is 2.39. The smallest absolute Gasteiger partial charge is 0.119 e. The first-order chi connectivity index (χ1) is 12.8. The van der Waals surface area contributed by atoms with Crippen molar-refractivity contribution in [3.8, 4) is 5.75 Å². The summed E-state index contributed by atoms with van der Waals surface area (Å²) in [5.41, 5.74) is 2.98. The topological polar surface area (TPSA) is 12.5 Å². The molecule has 0 heterocycles. The minimum Gasteiger partial charge on any atom is -0.492 e. The van der Waals surface area contributed by atoms with Gasteiger partial charge in [0.25, 0.3) is 0 Å². The van der Waals surface area contributed by atoms with Gasteiger partial charge in [-0.25, -0.2) is 0 Å². The van der Waals surface area contributed by atoms with Gasteiger partial charge in [0, 0.05) is 6.54 Å². The lowest BCUT2D eigenvalue weighted by atomic mass is 9.75. The van der Waals surface area contributed by atoms with E-state index in [1.54, 1.807) is 0 Å². The van der Waals surface area contributed by atoms with Gasteiger partial charge in [-0.1, -0.05) is 62.7 Å². The van der Waals surface area contributed by atoms with Gasteiger partial charge in [-0.05, 0) is 67.4 Å². The summed E-state index contributed by atoms with van der Waals surface area (Å²) < 4.78 is 5.93. The fourth-order valence-corrected chi connectivity index (χ4v) is 4.19. The van der Waals surface area contributed by atoms with E-state index in [1.165, 1.54) is 36.8 Å². The van der Waals surface area contributed by atoms with Crippen molar-refractivity contribution in [3.05, 3.63) is 65.7 Å². The lowest BCUT2D eigenvalue weighted by molar-refractivity contribution is 0.223. The van der Waals surface area contributed by atoms with E-state index in [2.05, 4.69) is 73.3 Å². The molecule has 2 unspecified atom stereocenters. The van der Waals surface area contributed by atoms with Crippen LogP contribution in [0.15, 0.2) is 54.6 Å². The van der Waals surface area contributed by atoms with Crippen LogP contribution in [0.3, 0.4) is 0 Å². The highest BCUT2D eigenvalue weighted by Crippen LogP contribution is 2.41. The second-order valence-electron chi connectivity index (χ2n) is 7.42. The van der Waals surface area contributed by atoms with Gasteiger partial charge in [0.2, 0.25) is 0 Å². The van der Waals surface area contributed by atoms with Crippen molar-refractivity contribution >= 4 is 0 Å². The van der Waals surface area contributed by atoms with Crippen LogP contribution in [-0.2, 0) is 0 Å². The molecule has 2 atom stereocenters. The Morgan fingerprint density at radius 2 is 1.46 bits per heavy atom. The molecule has 0 aromatic heterocycles. The molecule has 2 aromatic rings. The summed E-state index contributed by atoms with van der Waals surface area (Å²) in [7, 11) is 0. The van der Waals surface area contributed by atoms with Crippen LogP contribution in [0, 0.1) is 0 Å². The number of ether oxygens (including phenoxy) is 1. The second-order valence-corrected chi connectivity index (χ2v) is 7.42. The third-order valence-electron chi connectivity index (χ3n) is 5.87. The predicted molar refractivity (Wildman–Crippen MR) is 110 cm³/mol. The van der Waals surface area contributed by atoms with Crippen LogP contribution in [0.2, 0.25) is 0 Å². The van der Waals surface area contributed by atoms with Crippen LogP contribution >= 0.6 is 0 Å². The Kier molecular flexibility index (Phi) is 7.13. The van der Waals surface area contributed by atoms with Gasteiger partial charge >= 0.3 is 0 Å². The fourth-order valence-electron chi connectivity index (χ4n) is 4.19. The molecule has 1 aliphatic rings. The molecule has 2 aromatic carbocycles. The van der Waals surface area contributed by atoms with Crippen molar-refractivity contribution in [2.24, 2.45) is 0 Å².